The lowest BCUT2D eigenvalue weighted by atomic mass is 10.1. The Hall–Kier alpha value is -1.49. The lowest BCUT2D eigenvalue weighted by Gasteiger charge is -2.13. The van der Waals surface area contributed by atoms with Crippen molar-refractivity contribution < 1.29 is 19.0 Å². The van der Waals surface area contributed by atoms with Gasteiger partial charge in [-0.1, -0.05) is 6.07 Å². The zero-order valence-corrected chi connectivity index (χ0v) is 8.37. The molecule has 3 N–H and O–H groups in total. The molecule has 0 aliphatic rings. The van der Waals surface area contributed by atoms with Gasteiger partial charge in [0.15, 0.2) is 0 Å². The highest BCUT2D eigenvalue weighted by molar-refractivity contribution is 6.18. The Morgan fingerprint density at radius 1 is 1.67 bits per heavy atom. The van der Waals surface area contributed by atoms with E-state index in [1.807, 2.05) is 0 Å². The van der Waals surface area contributed by atoms with Gasteiger partial charge in [0.25, 0.3) is 0 Å². The van der Waals surface area contributed by atoms with Crippen LogP contribution in [-0.2, 0) is 4.74 Å². The average Bonchev–Trinajstić information content (AvgIpc) is 2.18. The Morgan fingerprint density at radius 3 is 2.80 bits per heavy atom. The molecule has 0 radical (unpaired) electrons. The lowest BCUT2D eigenvalue weighted by Crippen LogP contribution is -2.11. The largest absolute Gasteiger partial charge is 0.506 e. The molecule has 82 valence electrons. The molecule has 6 heteroatoms. The molecule has 0 aromatic heterocycles. The van der Waals surface area contributed by atoms with E-state index in [1.165, 1.54) is 12.1 Å². The monoisotopic (exact) mass is 233 g/mol. The number of halogens is 2. The first kappa shape index (κ1) is 11.6. The summed E-state index contributed by atoms with van der Waals surface area (Å²) in [6, 6.07) is 3.81. The average molecular weight is 234 g/mol. The molecule has 0 bridgehead atoms. The van der Waals surface area contributed by atoms with Crippen molar-refractivity contribution in [2.24, 2.45) is 0 Å². The molecule has 0 saturated carbocycles. The highest BCUT2D eigenvalue weighted by Gasteiger charge is 2.16. The third kappa shape index (κ3) is 2.99. The quantitative estimate of drug-likeness (QED) is 0.478. The van der Waals surface area contributed by atoms with Crippen molar-refractivity contribution >= 4 is 23.4 Å². The number of ether oxygens (including phenoxy) is 1. The zero-order valence-electron chi connectivity index (χ0n) is 7.61. The SMILES string of the molecule is Nc1cc(C(CCl)OC(=O)O)ccc1F. The van der Waals surface area contributed by atoms with Crippen LogP contribution in [0.3, 0.4) is 0 Å². The van der Waals surface area contributed by atoms with Gasteiger partial charge < -0.3 is 15.6 Å². The minimum atomic E-state index is -1.44. The first-order valence-electron chi connectivity index (χ1n) is 4.05. The summed E-state index contributed by atoms with van der Waals surface area (Å²) in [7, 11) is 0. The fourth-order valence-corrected chi connectivity index (χ4v) is 1.31. The van der Waals surface area contributed by atoms with Gasteiger partial charge in [0, 0.05) is 0 Å². The van der Waals surface area contributed by atoms with E-state index in [-0.39, 0.29) is 11.6 Å². The standard InChI is InChI=1S/C9H9ClFNO3/c10-4-8(15-9(13)14)5-1-2-6(11)7(12)3-5/h1-3,8H,4,12H2,(H,13,14). The Balaban J connectivity index is 2.92. The number of nitrogens with two attached hydrogens (primary N) is 1. The number of hydrogen-bond donors (Lipinski definition) is 2. The molecule has 1 rings (SSSR count). The maximum Gasteiger partial charge on any atom is 0.506 e. The van der Waals surface area contributed by atoms with Crippen LogP contribution in [0.15, 0.2) is 18.2 Å². The predicted molar refractivity (Wildman–Crippen MR) is 53.4 cm³/mol. The molecular weight excluding hydrogens is 225 g/mol. The van der Waals surface area contributed by atoms with E-state index in [9.17, 15) is 9.18 Å². The van der Waals surface area contributed by atoms with Crippen LogP contribution in [0.4, 0.5) is 14.9 Å². The molecule has 0 aliphatic heterocycles. The summed E-state index contributed by atoms with van der Waals surface area (Å²) >= 11 is 5.52. The maximum atomic E-state index is 12.8. The fourth-order valence-electron chi connectivity index (χ4n) is 1.07. The van der Waals surface area contributed by atoms with Crippen LogP contribution in [0.5, 0.6) is 0 Å². The second-order valence-corrected chi connectivity index (χ2v) is 3.12. The highest BCUT2D eigenvalue weighted by atomic mass is 35.5. The second kappa shape index (κ2) is 4.84. The third-order valence-corrected chi connectivity index (χ3v) is 2.06. The van der Waals surface area contributed by atoms with Crippen LogP contribution in [0.1, 0.15) is 11.7 Å². The molecule has 15 heavy (non-hydrogen) atoms. The Morgan fingerprint density at radius 2 is 2.33 bits per heavy atom. The number of benzene rings is 1. The summed E-state index contributed by atoms with van der Waals surface area (Å²) < 4.78 is 17.3. The van der Waals surface area contributed by atoms with Crippen LogP contribution in [0, 0.1) is 5.82 Å². The second-order valence-electron chi connectivity index (χ2n) is 2.81. The molecule has 0 saturated heterocycles. The van der Waals surface area contributed by atoms with Gasteiger partial charge in [-0.05, 0) is 17.7 Å². The summed E-state index contributed by atoms with van der Waals surface area (Å²) in [5, 5.41) is 8.41. The van der Waals surface area contributed by atoms with Crippen molar-refractivity contribution in [2.75, 3.05) is 11.6 Å². The molecule has 0 amide bonds. The van der Waals surface area contributed by atoms with Gasteiger partial charge in [-0.3, -0.25) is 0 Å². The van der Waals surface area contributed by atoms with E-state index >= 15 is 0 Å². The molecule has 0 aliphatic carbocycles. The number of nitrogen functional groups attached to an aromatic ring is 1. The Labute approximate surface area is 90.4 Å². The molecule has 0 spiro atoms. The molecule has 4 nitrogen and oxygen atoms in total. The van der Waals surface area contributed by atoms with Gasteiger partial charge in [-0.25, -0.2) is 9.18 Å². The zero-order chi connectivity index (χ0) is 11.4. The number of rotatable bonds is 3. The summed E-state index contributed by atoms with van der Waals surface area (Å²) in [6.07, 6.45) is -2.28. The number of carbonyl (C=O) groups is 1. The van der Waals surface area contributed by atoms with Gasteiger partial charge in [-0.2, -0.15) is 0 Å². The van der Waals surface area contributed by atoms with Crippen LogP contribution >= 0.6 is 11.6 Å². The molecule has 1 aromatic rings. The summed E-state index contributed by atoms with van der Waals surface area (Å²) in [5.41, 5.74) is 5.67. The first-order valence-corrected chi connectivity index (χ1v) is 4.58. The molecule has 1 unspecified atom stereocenters. The maximum absolute atomic E-state index is 12.8. The van der Waals surface area contributed by atoms with Gasteiger partial charge in [-0.15, -0.1) is 11.6 Å². The van der Waals surface area contributed by atoms with E-state index in [4.69, 9.17) is 22.4 Å². The van der Waals surface area contributed by atoms with Crippen LogP contribution in [0.25, 0.3) is 0 Å². The summed E-state index contributed by atoms with van der Waals surface area (Å²) in [6.45, 7) is 0. The van der Waals surface area contributed by atoms with Crippen molar-refractivity contribution in [3.63, 3.8) is 0 Å². The Kier molecular flexibility index (Phi) is 3.74. The van der Waals surface area contributed by atoms with E-state index in [1.54, 1.807) is 0 Å². The molecule has 0 fully saturated rings. The van der Waals surface area contributed by atoms with Crippen LogP contribution in [0.2, 0.25) is 0 Å². The summed E-state index contributed by atoms with van der Waals surface area (Å²) in [5.74, 6) is -0.625. The third-order valence-electron chi connectivity index (χ3n) is 1.78. The minimum Gasteiger partial charge on any atom is -0.450 e. The van der Waals surface area contributed by atoms with E-state index in [0.717, 1.165) is 6.07 Å². The Bertz CT molecular complexity index is 372. The van der Waals surface area contributed by atoms with Crippen molar-refractivity contribution in [2.45, 2.75) is 6.10 Å². The van der Waals surface area contributed by atoms with Crippen molar-refractivity contribution in [3.8, 4) is 0 Å². The minimum absolute atomic E-state index is 0.0582. The number of hydrogen-bond acceptors (Lipinski definition) is 3. The van der Waals surface area contributed by atoms with E-state index in [0.29, 0.717) is 5.56 Å². The topological polar surface area (TPSA) is 72.5 Å². The van der Waals surface area contributed by atoms with Crippen molar-refractivity contribution in [3.05, 3.63) is 29.6 Å². The molecular formula is C9H9ClFNO3. The van der Waals surface area contributed by atoms with Gasteiger partial charge >= 0.3 is 6.16 Å². The normalized spacial score (nSPS) is 12.1. The molecule has 1 aromatic carbocycles. The van der Waals surface area contributed by atoms with E-state index in [2.05, 4.69) is 4.74 Å². The van der Waals surface area contributed by atoms with Crippen LogP contribution in [-0.4, -0.2) is 17.1 Å². The smallest absolute Gasteiger partial charge is 0.450 e. The van der Waals surface area contributed by atoms with E-state index < -0.39 is 18.1 Å². The van der Waals surface area contributed by atoms with Gasteiger partial charge in [0.2, 0.25) is 0 Å². The lowest BCUT2D eigenvalue weighted by molar-refractivity contribution is 0.0600. The number of anilines is 1. The van der Waals surface area contributed by atoms with Crippen LogP contribution < -0.4 is 5.73 Å². The molecule has 0 heterocycles. The number of alkyl halides is 1. The first-order chi connectivity index (χ1) is 7.04. The van der Waals surface area contributed by atoms with Crippen molar-refractivity contribution in [1.29, 1.82) is 0 Å². The number of carboxylic acid groups (broad SMARTS) is 1. The predicted octanol–water partition coefficient (Wildman–Crippen LogP) is 2.38. The van der Waals surface area contributed by atoms with Gasteiger partial charge in [0.05, 0.1) is 11.6 Å². The van der Waals surface area contributed by atoms with Crippen molar-refractivity contribution in [1.82, 2.24) is 0 Å². The highest BCUT2D eigenvalue weighted by Crippen LogP contribution is 2.22. The summed E-state index contributed by atoms with van der Waals surface area (Å²) in [4.78, 5) is 10.3. The fraction of sp³-hybridized carbons (Fsp3) is 0.222. The van der Waals surface area contributed by atoms with Gasteiger partial charge in [0.1, 0.15) is 11.9 Å². The molecule has 1 atom stereocenters.